The van der Waals surface area contributed by atoms with Gasteiger partial charge in [-0.25, -0.2) is 0 Å². The quantitative estimate of drug-likeness (QED) is 0.174. The van der Waals surface area contributed by atoms with Crippen LogP contribution < -0.4 is 9.84 Å². The van der Waals surface area contributed by atoms with Crippen molar-refractivity contribution in [2.45, 2.75) is 18.5 Å². The Hall–Kier alpha value is -3.45. The molecule has 15 heteroatoms. The van der Waals surface area contributed by atoms with Gasteiger partial charge in [0.15, 0.2) is 0 Å². The van der Waals surface area contributed by atoms with Crippen LogP contribution in [0.1, 0.15) is 16.8 Å². The van der Waals surface area contributed by atoms with Gasteiger partial charge in [-0.3, -0.25) is 4.98 Å². The Kier molecular flexibility index (Phi) is 9.67. The first-order valence-corrected chi connectivity index (χ1v) is 9.89. The van der Waals surface area contributed by atoms with Crippen molar-refractivity contribution in [3.05, 3.63) is 83.8 Å². The van der Waals surface area contributed by atoms with Gasteiger partial charge in [-0.15, -0.1) is 23.8 Å². The van der Waals surface area contributed by atoms with Crippen molar-refractivity contribution in [1.82, 2.24) is 20.2 Å². The fourth-order valence-electron chi connectivity index (χ4n) is 2.84. The number of pyridine rings is 2. The predicted octanol–water partition coefficient (Wildman–Crippen LogP) is 6.71. The van der Waals surface area contributed by atoms with Crippen LogP contribution in [-0.4, -0.2) is 22.2 Å². The van der Waals surface area contributed by atoms with E-state index in [0.717, 1.165) is 6.07 Å². The van der Waals surface area contributed by atoms with Crippen LogP contribution in [0.2, 0.25) is 0 Å². The topological polar surface area (TPSA) is 62.0 Å². The van der Waals surface area contributed by atoms with E-state index >= 15 is 0 Å². The van der Waals surface area contributed by atoms with Crippen molar-refractivity contribution in [3.63, 3.8) is 0 Å². The molecule has 1 aromatic carbocycles. The maximum Gasteiger partial charge on any atom is 0.431 e. The van der Waals surface area contributed by atoms with Crippen LogP contribution >= 0.6 is 0 Å². The molecule has 0 amide bonds. The van der Waals surface area contributed by atoms with E-state index in [1.54, 1.807) is 6.07 Å². The molecule has 0 spiro atoms. The van der Waals surface area contributed by atoms with Gasteiger partial charge in [0.25, 0.3) is 0 Å². The first-order chi connectivity index (χ1) is 17.2. The molecule has 0 saturated heterocycles. The van der Waals surface area contributed by atoms with Gasteiger partial charge in [0.2, 0.25) is 0 Å². The summed E-state index contributed by atoms with van der Waals surface area (Å²) in [6.07, 6.45) is -11.6. The third-order valence-electron chi connectivity index (χ3n) is 4.55. The van der Waals surface area contributed by atoms with Crippen molar-refractivity contribution >= 4 is 0 Å². The number of hydrogen-bond donors (Lipinski definition) is 0. The molecule has 0 atom stereocenters. The molecule has 0 aliphatic carbocycles. The monoisotopic (exact) mass is 725 g/mol. The molecule has 0 aliphatic heterocycles. The molecular weight excluding hydrogens is 711 g/mol. The molecule has 0 saturated carbocycles. The van der Waals surface area contributed by atoms with E-state index in [9.17, 15) is 39.5 Å². The van der Waals surface area contributed by atoms with Crippen LogP contribution in [0.3, 0.4) is 0 Å². The summed E-state index contributed by atoms with van der Waals surface area (Å²) in [5.41, 5.74) is -4.09. The standard InChI is InChI=1S/C13H6F6N.C10H7F3N3O.Ir/c14-12(15,16)8-4-5-9(10(7-8)13(17,18)19)11-3-1-2-6-20-11;1-17-6-2-3-14-7(4-6)8-5-9(16-15-8)10(11,12)13;/h1-4,6-7H;2-5H,1H3;/q2*-1;. The van der Waals surface area contributed by atoms with E-state index in [0.29, 0.717) is 11.8 Å². The molecule has 0 bridgehead atoms. The normalized spacial score (nSPS) is 11.7. The number of ether oxygens (including phenoxy) is 1. The zero-order chi connectivity index (χ0) is 27.4. The molecule has 5 nitrogen and oxygen atoms in total. The van der Waals surface area contributed by atoms with Crippen molar-refractivity contribution < 1.29 is 64.4 Å². The van der Waals surface area contributed by atoms with E-state index < -0.39 is 40.9 Å². The zero-order valence-electron chi connectivity index (χ0n) is 18.7. The molecule has 3 aromatic heterocycles. The fraction of sp³-hybridized carbons (Fsp3) is 0.174. The minimum atomic E-state index is -4.93. The molecule has 0 unspecified atom stereocenters. The van der Waals surface area contributed by atoms with E-state index in [4.69, 9.17) is 4.74 Å². The molecule has 1 radical (unpaired) electrons. The summed E-state index contributed by atoms with van der Waals surface area (Å²) < 4.78 is 118. The van der Waals surface area contributed by atoms with Gasteiger partial charge in [0, 0.05) is 38.6 Å². The van der Waals surface area contributed by atoms with Crippen molar-refractivity contribution in [3.8, 4) is 28.4 Å². The first kappa shape index (κ1) is 30.8. The molecule has 0 N–H and O–H groups in total. The average molecular weight is 725 g/mol. The fourth-order valence-corrected chi connectivity index (χ4v) is 2.84. The molecule has 0 aliphatic rings. The number of methoxy groups -OCH3 is 1. The van der Waals surface area contributed by atoms with E-state index in [1.165, 1.54) is 43.8 Å². The summed E-state index contributed by atoms with van der Waals surface area (Å²) in [5.74, 6) is 0.492. The van der Waals surface area contributed by atoms with Crippen LogP contribution in [0.5, 0.6) is 5.75 Å². The van der Waals surface area contributed by atoms with Gasteiger partial charge in [-0.1, -0.05) is 17.8 Å². The van der Waals surface area contributed by atoms with Crippen molar-refractivity contribution in [2.24, 2.45) is 0 Å². The van der Waals surface area contributed by atoms with Gasteiger partial charge in [0.1, 0.15) is 11.4 Å². The third kappa shape index (κ3) is 7.78. The molecule has 4 rings (SSSR count). The zero-order valence-corrected chi connectivity index (χ0v) is 21.1. The van der Waals surface area contributed by atoms with Crippen molar-refractivity contribution in [1.29, 1.82) is 0 Å². The second kappa shape index (κ2) is 11.9. The molecule has 3 heterocycles. The predicted molar refractivity (Wildman–Crippen MR) is 111 cm³/mol. The van der Waals surface area contributed by atoms with E-state index in [1.807, 2.05) is 6.07 Å². The maximum absolute atomic E-state index is 12.9. The minimum Gasteiger partial charge on any atom is -0.573 e. The van der Waals surface area contributed by atoms with Gasteiger partial charge in [-0.05, 0) is 35.0 Å². The van der Waals surface area contributed by atoms with Crippen LogP contribution in [-0.2, 0) is 38.6 Å². The summed E-state index contributed by atoms with van der Waals surface area (Å²) in [7, 11) is 1.46. The molecule has 0 fully saturated rings. The average Bonchev–Trinajstić information content (AvgIpc) is 3.35. The first-order valence-electron chi connectivity index (χ1n) is 9.89. The Morgan fingerprint density at radius 1 is 0.789 bits per heavy atom. The second-order valence-electron chi connectivity index (χ2n) is 7.08. The Balaban J connectivity index is 0.000000263. The number of nitrogens with zero attached hydrogens (tertiary/aromatic N) is 4. The van der Waals surface area contributed by atoms with Gasteiger partial charge in [0.05, 0.1) is 12.8 Å². The number of alkyl halides is 9. The van der Waals surface area contributed by atoms with Crippen LogP contribution in [0.4, 0.5) is 39.5 Å². The number of aromatic nitrogens is 4. The van der Waals surface area contributed by atoms with E-state index in [-0.39, 0.29) is 43.3 Å². The number of benzene rings is 1. The Labute approximate surface area is 222 Å². The number of rotatable bonds is 3. The smallest absolute Gasteiger partial charge is 0.431 e. The molecule has 4 aromatic rings. The van der Waals surface area contributed by atoms with Gasteiger partial charge >= 0.3 is 18.5 Å². The summed E-state index contributed by atoms with van der Waals surface area (Å²) in [4.78, 5) is 7.61. The van der Waals surface area contributed by atoms with E-state index in [2.05, 4.69) is 20.2 Å². The molecule has 38 heavy (non-hydrogen) atoms. The third-order valence-corrected chi connectivity index (χ3v) is 4.55. The summed E-state index contributed by atoms with van der Waals surface area (Å²) in [5, 5.41) is 6.50. The SMILES string of the molecule is COc1ccnc(-c2cc(C(F)(F)F)n[n-]2)c1.FC(F)(F)c1c[c-]c(-c2ccccn2)c(C(F)(F)F)c1.[Ir]. The Morgan fingerprint density at radius 2 is 1.47 bits per heavy atom. The Morgan fingerprint density at radius 3 is 2.00 bits per heavy atom. The van der Waals surface area contributed by atoms with Gasteiger partial charge in [-0.2, -0.15) is 39.5 Å². The molecule has 205 valence electrons. The number of halogens is 9. The Bertz CT molecular complexity index is 1340. The minimum absolute atomic E-state index is 0. The summed E-state index contributed by atoms with van der Waals surface area (Å²) in [6, 6.07) is 10.7. The van der Waals surface area contributed by atoms with Crippen LogP contribution in [0, 0.1) is 6.07 Å². The maximum atomic E-state index is 12.9. The van der Waals surface area contributed by atoms with Crippen LogP contribution in [0.15, 0.2) is 60.9 Å². The van der Waals surface area contributed by atoms with Gasteiger partial charge < -0.3 is 19.9 Å². The molecular formula is C23H13F9IrN4O-2. The summed E-state index contributed by atoms with van der Waals surface area (Å²) in [6.45, 7) is 0. The van der Waals surface area contributed by atoms with Crippen molar-refractivity contribution in [2.75, 3.05) is 7.11 Å². The number of hydrogen-bond acceptors (Lipinski definition) is 4. The largest absolute Gasteiger partial charge is 0.573 e. The second-order valence-corrected chi connectivity index (χ2v) is 7.08. The summed E-state index contributed by atoms with van der Waals surface area (Å²) >= 11 is 0. The van der Waals surface area contributed by atoms with Crippen LogP contribution in [0.25, 0.3) is 22.6 Å².